The summed E-state index contributed by atoms with van der Waals surface area (Å²) in [5, 5.41) is 0.429. The summed E-state index contributed by atoms with van der Waals surface area (Å²) in [6, 6.07) is 7.39. The lowest BCUT2D eigenvalue weighted by Gasteiger charge is -2.25. The zero-order chi connectivity index (χ0) is 16.4. The van der Waals surface area contributed by atoms with E-state index in [1.54, 1.807) is 12.3 Å². The van der Waals surface area contributed by atoms with Gasteiger partial charge in [-0.3, -0.25) is 0 Å². The summed E-state index contributed by atoms with van der Waals surface area (Å²) in [7, 11) is 1.51. The van der Waals surface area contributed by atoms with E-state index in [1.165, 1.54) is 7.11 Å². The summed E-state index contributed by atoms with van der Waals surface area (Å²) in [4.78, 5) is 15.1. The van der Waals surface area contributed by atoms with Crippen LogP contribution in [0.5, 0.6) is 11.6 Å². The smallest absolute Gasteiger partial charge is 0.405 e. The number of pyridine rings is 1. The molecular formula is C16H15ClN2O4. The van der Waals surface area contributed by atoms with Crippen molar-refractivity contribution < 1.29 is 19.0 Å². The number of rotatable bonds is 3. The number of halogens is 1. The summed E-state index contributed by atoms with van der Waals surface area (Å²) in [5.41, 5.74) is 7.63. The van der Waals surface area contributed by atoms with Gasteiger partial charge in [-0.2, -0.15) is 0 Å². The van der Waals surface area contributed by atoms with Gasteiger partial charge in [-0.15, -0.1) is 0 Å². The molecule has 1 amide bonds. The first-order valence-electron chi connectivity index (χ1n) is 7.01. The van der Waals surface area contributed by atoms with Crippen LogP contribution < -0.4 is 15.2 Å². The number of amides is 1. The quantitative estimate of drug-likeness (QED) is 0.930. The van der Waals surface area contributed by atoms with Gasteiger partial charge in [0.05, 0.1) is 13.7 Å². The molecule has 0 spiro atoms. The average molecular weight is 335 g/mol. The number of benzene rings is 1. The van der Waals surface area contributed by atoms with E-state index in [9.17, 15) is 4.79 Å². The van der Waals surface area contributed by atoms with E-state index in [0.29, 0.717) is 29.7 Å². The number of ether oxygens (including phenoxy) is 3. The fourth-order valence-electron chi connectivity index (χ4n) is 2.53. The van der Waals surface area contributed by atoms with Crippen LogP contribution in [0.1, 0.15) is 18.1 Å². The molecule has 23 heavy (non-hydrogen) atoms. The Balaban J connectivity index is 1.94. The first-order valence-corrected chi connectivity index (χ1v) is 7.39. The largest absolute Gasteiger partial charge is 0.493 e. The molecule has 1 aliphatic heterocycles. The zero-order valence-electron chi connectivity index (χ0n) is 12.4. The second-order valence-electron chi connectivity index (χ2n) is 5.03. The van der Waals surface area contributed by atoms with Crippen LogP contribution in [-0.4, -0.2) is 24.8 Å². The SMILES string of the molecule is COc1ncc(-c2ccc3c(c2)OCCC3OC(N)=O)cc1Cl. The van der Waals surface area contributed by atoms with Crippen molar-refractivity contribution in [2.75, 3.05) is 13.7 Å². The molecule has 0 bridgehead atoms. The molecule has 1 aromatic heterocycles. The highest BCUT2D eigenvalue weighted by Crippen LogP contribution is 2.38. The predicted molar refractivity (Wildman–Crippen MR) is 84.8 cm³/mol. The van der Waals surface area contributed by atoms with Crippen LogP contribution in [0.3, 0.4) is 0 Å². The number of nitrogens with zero attached hydrogens (tertiary/aromatic N) is 1. The first kappa shape index (κ1) is 15.4. The van der Waals surface area contributed by atoms with Gasteiger partial charge in [-0.1, -0.05) is 23.7 Å². The van der Waals surface area contributed by atoms with E-state index in [-0.39, 0.29) is 6.10 Å². The van der Waals surface area contributed by atoms with Crippen LogP contribution in [0, 0.1) is 0 Å². The third kappa shape index (κ3) is 3.17. The minimum Gasteiger partial charge on any atom is -0.493 e. The van der Waals surface area contributed by atoms with Crippen molar-refractivity contribution in [3.05, 3.63) is 41.0 Å². The Morgan fingerprint density at radius 2 is 2.22 bits per heavy atom. The number of hydrogen-bond donors (Lipinski definition) is 1. The van der Waals surface area contributed by atoms with Gasteiger partial charge in [0.25, 0.3) is 0 Å². The maximum atomic E-state index is 11.0. The summed E-state index contributed by atoms with van der Waals surface area (Å²) < 4.78 is 15.8. The van der Waals surface area contributed by atoms with Crippen molar-refractivity contribution in [1.82, 2.24) is 4.98 Å². The Labute approximate surface area is 138 Å². The molecule has 6 nitrogen and oxygen atoms in total. The number of primary amides is 1. The number of nitrogens with two attached hydrogens (primary N) is 1. The average Bonchev–Trinajstić information content (AvgIpc) is 2.54. The Bertz CT molecular complexity index is 751. The van der Waals surface area contributed by atoms with Gasteiger partial charge < -0.3 is 19.9 Å². The lowest BCUT2D eigenvalue weighted by atomic mass is 9.98. The molecule has 0 radical (unpaired) electrons. The van der Waals surface area contributed by atoms with E-state index >= 15 is 0 Å². The van der Waals surface area contributed by atoms with Crippen LogP contribution in [0.15, 0.2) is 30.5 Å². The Hall–Kier alpha value is -2.47. The van der Waals surface area contributed by atoms with Gasteiger partial charge >= 0.3 is 6.09 Å². The van der Waals surface area contributed by atoms with Gasteiger partial charge in [0.15, 0.2) is 0 Å². The zero-order valence-corrected chi connectivity index (χ0v) is 13.2. The van der Waals surface area contributed by atoms with Crippen molar-refractivity contribution in [3.8, 4) is 22.8 Å². The Morgan fingerprint density at radius 1 is 1.39 bits per heavy atom. The molecule has 0 saturated heterocycles. The van der Waals surface area contributed by atoms with Gasteiger partial charge in [-0.05, 0) is 17.7 Å². The lowest BCUT2D eigenvalue weighted by molar-refractivity contribution is 0.0766. The van der Waals surface area contributed by atoms with E-state index < -0.39 is 6.09 Å². The molecule has 120 valence electrons. The lowest BCUT2D eigenvalue weighted by Crippen LogP contribution is -2.22. The van der Waals surface area contributed by atoms with Crippen LogP contribution in [0.4, 0.5) is 4.79 Å². The van der Waals surface area contributed by atoms with Crippen molar-refractivity contribution >= 4 is 17.7 Å². The highest BCUT2D eigenvalue weighted by Gasteiger charge is 2.24. The molecule has 7 heteroatoms. The monoisotopic (exact) mass is 334 g/mol. The summed E-state index contributed by atoms with van der Waals surface area (Å²) >= 11 is 6.11. The van der Waals surface area contributed by atoms with Crippen LogP contribution in [0.25, 0.3) is 11.1 Å². The summed E-state index contributed by atoms with van der Waals surface area (Å²) in [6.07, 6.45) is 1.07. The third-order valence-electron chi connectivity index (χ3n) is 3.59. The van der Waals surface area contributed by atoms with Gasteiger partial charge in [0.1, 0.15) is 16.9 Å². The van der Waals surface area contributed by atoms with Gasteiger partial charge in [0.2, 0.25) is 5.88 Å². The van der Waals surface area contributed by atoms with E-state index in [4.69, 9.17) is 31.5 Å². The third-order valence-corrected chi connectivity index (χ3v) is 3.86. The molecular weight excluding hydrogens is 320 g/mol. The number of carbonyl (C=O) groups excluding carboxylic acids is 1. The molecule has 1 aromatic carbocycles. The maximum Gasteiger partial charge on any atom is 0.405 e. The molecule has 2 heterocycles. The molecule has 1 atom stereocenters. The molecule has 2 N–H and O–H groups in total. The molecule has 0 aliphatic carbocycles. The number of methoxy groups -OCH3 is 1. The second-order valence-corrected chi connectivity index (χ2v) is 5.44. The van der Waals surface area contributed by atoms with Gasteiger partial charge in [0, 0.05) is 23.7 Å². The summed E-state index contributed by atoms with van der Waals surface area (Å²) in [6.45, 7) is 0.454. The Morgan fingerprint density at radius 3 is 2.91 bits per heavy atom. The van der Waals surface area contributed by atoms with Crippen molar-refractivity contribution in [2.24, 2.45) is 5.73 Å². The van der Waals surface area contributed by atoms with E-state index in [0.717, 1.165) is 16.7 Å². The number of fused-ring (bicyclic) bond motifs is 1. The Kier molecular flexibility index (Phi) is 4.25. The normalized spacial score (nSPS) is 16.2. The van der Waals surface area contributed by atoms with Crippen LogP contribution >= 0.6 is 11.6 Å². The van der Waals surface area contributed by atoms with Crippen LogP contribution in [0.2, 0.25) is 5.02 Å². The van der Waals surface area contributed by atoms with Crippen molar-refractivity contribution in [2.45, 2.75) is 12.5 Å². The molecule has 1 aliphatic rings. The molecule has 3 rings (SSSR count). The summed E-state index contributed by atoms with van der Waals surface area (Å²) in [5.74, 6) is 1.03. The van der Waals surface area contributed by atoms with Crippen molar-refractivity contribution in [3.63, 3.8) is 0 Å². The minimum atomic E-state index is -0.793. The molecule has 2 aromatic rings. The topological polar surface area (TPSA) is 83.7 Å². The number of aromatic nitrogens is 1. The van der Waals surface area contributed by atoms with E-state index in [2.05, 4.69) is 4.98 Å². The highest BCUT2D eigenvalue weighted by atomic mass is 35.5. The molecule has 1 unspecified atom stereocenters. The first-order chi connectivity index (χ1) is 11.1. The fourth-order valence-corrected chi connectivity index (χ4v) is 2.78. The molecule has 0 saturated carbocycles. The maximum absolute atomic E-state index is 11.0. The van der Waals surface area contributed by atoms with Crippen LogP contribution in [-0.2, 0) is 4.74 Å². The number of hydrogen-bond acceptors (Lipinski definition) is 5. The fraction of sp³-hybridized carbons (Fsp3) is 0.250. The predicted octanol–water partition coefficient (Wildman–Crippen LogP) is 3.33. The van der Waals surface area contributed by atoms with Gasteiger partial charge in [-0.25, -0.2) is 9.78 Å². The highest BCUT2D eigenvalue weighted by molar-refractivity contribution is 6.32. The standard InChI is InChI=1S/C16H15ClN2O4/c1-21-15-12(17)6-10(8-19-15)9-2-3-11-13(23-16(18)20)4-5-22-14(11)7-9/h2-3,6-8,13H,4-5H2,1H3,(H2,18,20). The minimum absolute atomic E-state index is 0.375. The van der Waals surface area contributed by atoms with Crippen molar-refractivity contribution in [1.29, 1.82) is 0 Å². The molecule has 0 fully saturated rings. The second kappa shape index (κ2) is 6.34. The number of carbonyl (C=O) groups is 1. The van der Waals surface area contributed by atoms with E-state index in [1.807, 2.05) is 18.2 Å².